The molecule has 0 saturated heterocycles. The van der Waals surface area contributed by atoms with E-state index in [0.717, 1.165) is 45.1 Å². The van der Waals surface area contributed by atoms with Crippen LogP contribution >= 0.6 is 0 Å². The Labute approximate surface area is 178 Å². The summed E-state index contributed by atoms with van der Waals surface area (Å²) in [6.45, 7) is 8.26. The number of rotatable bonds is 4. The number of nitrogens with zero attached hydrogens (tertiary/aromatic N) is 1. The van der Waals surface area contributed by atoms with Gasteiger partial charge < -0.3 is 20.2 Å². The molecule has 0 spiro atoms. The second-order valence-electron chi connectivity index (χ2n) is 12.1. The summed E-state index contributed by atoms with van der Waals surface area (Å²) in [5.41, 5.74) is 0.102. The van der Waals surface area contributed by atoms with E-state index in [4.69, 9.17) is 0 Å². The van der Waals surface area contributed by atoms with E-state index in [9.17, 15) is 15.3 Å². The molecular formula is C25H45NO3. The topological polar surface area (TPSA) is 63.9 Å². The Morgan fingerprint density at radius 1 is 0.966 bits per heavy atom. The first kappa shape index (κ1) is 22.0. The first-order valence-electron chi connectivity index (χ1n) is 12.3. The van der Waals surface area contributed by atoms with Gasteiger partial charge in [0.15, 0.2) is 0 Å². The second kappa shape index (κ2) is 7.76. The maximum atomic E-state index is 11.6. The lowest BCUT2D eigenvalue weighted by molar-refractivity contribution is -0.207. The zero-order valence-corrected chi connectivity index (χ0v) is 19.3. The maximum absolute atomic E-state index is 11.6. The van der Waals surface area contributed by atoms with Gasteiger partial charge in [0, 0.05) is 0 Å². The Hall–Kier alpha value is -0.160. The van der Waals surface area contributed by atoms with Crippen LogP contribution in [0, 0.1) is 46.3 Å². The highest BCUT2D eigenvalue weighted by Gasteiger charge is 2.65. The Bertz CT molecular complexity index is 597. The second-order valence-corrected chi connectivity index (χ2v) is 12.1. The lowest BCUT2D eigenvalue weighted by Gasteiger charge is -2.63. The molecule has 4 nitrogen and oxygen atoms in total. The molecule has 4 aliphatic rings. The zero-order chi connectivity index (χ0) is 21.1. The van der Waals surface area contributed by atoms with E-state index in [-0.39, 0.29) is 29.1 Å². The molecule has 0 aromatic heterocycles. The van der Waals surface area contributed by atoms with Crippen LogP contribution in [0.15, 0.2) is 0 Å². The first-order valence-corrected chi connectivity index (χ1v) is 12.3. The van der Waals surface area contributed by atoms with Crippen LogP contribution in [0.1, 0.15) is 72.1 Å². The van der Waals surface area contributed by atoms with Gasteiger partial charge in [0.2, 0.25) is 0 Å². The largest absolute Gasteiger partial charge is 0.393 e. The fourth-order valence-electron chi connectivity index (χ4n) is 8.79. The fourth-order valence-corrected chi connectivity index (χ4v) is 8.79. The van der Waals surface area contributed by atoms with Gasteiger partial charge >= 0.3 is 0 Å². The quantitative estimate of drug-likeness (QED) is 0.667. The Balaban J connectivity index is 1.60. The van der Waals surface area contributed by atoms with E-state index < -0.39 is 0 Å². The average molecular weight is 408 g/mol. The third kappa shape index (κ3) is 3.41. The molecule has 0 aromatic rings. The lowest BCUT2D eigenvalue weighted by atomic mass is 9.43. The molecule has 11 atom stereocenters. The normalized spacial score (nSPS) is 53.3. The van der Waals surface area contributed by atoms with E-state index in [1.165, 1.54) is 12.8 Å². The third-order valence-electron chi connectivity index (χ3n) is 10.6. The summed E-state index contributed by atoms with van der Waals surface area (Å²) in [4.78, 5) is 2.27. The van der Waals surface area contributed by atoms with Gasteiger partial charge in [-0.3, -0.25) is 0 Å². The smallest absolute Gasteiger partial charge is 0.0602 e. The van der Waals surface area contributed by atoms with Crippen molar-refractivity contribution < 1.29 is 15.3 Å². The van der Waals surface area contributed by atoms with Gasteiger partial charge in [-0.25, -0.2) is 0 Å². The van der Waals surface area contributed by atoms with Crippen molar-refractivity contribution in [3.05, 3.63) is 0 Å². The van der Waals surface area contributed by atoms with E-state index in [1.54, 1.807) is 0 Å². The molecule has 4 rings (SSSR count). The molecule has 0 radical (unpaired) electrons. The molecule has 0 amide bonds. The van der Waals surface area contributed by atoms with Gasteiger partial charge in [0.05, 0.1) is 18.3 Å². The summed E-state index contributed by atoms with van der Waals surface area (Å²) in [6.07, 6.45) is 7.25. The van der Waals surface area contributed by atoms with Crippen LogP contribution in [0.25, 0.3) is 0 Å². The van der Waals surface area contributed by atoms with Gasteiger partial charge in [-0.2, -0.15) is 0 Å². The van der Waals surface area contributed by atoms with Crippen molar-refractivity contribution in [1.29, 1.82) is 0 Å². The minimum Gasteiger partial charge on any atom is -0.393 e. The number of aliphatic hydroxyl groups is 3. The van der Waals surface area contributed by atoms with Crippen LogP contribution in [-0.4, -0.2) is 59.2 Å². The highest BCUT2D eigenvalue weighted by atomic mass is 16.3. The van der Waals surface area contributed by atoms with E-state index >= 15 is 0 Å². The number of aliphatic hydroxyl groups excluding tert-OH is 3. The molecule has 4 saturated carbocycles. The third-order valence-corrected chi connectivity index (χ3v) is 10.6. The van der Waals surface area contributed by atoms with Gasteiger partial charge in [-0.15, -0.1) is 0 Å². The van der Waals surface area contributed by atoms with Gasteiger partial charge in [-0.05, 0) is 118 Å². The Kier molecular flexibility index (Phi) is 5.90. The van der Waals surface area contributed by atoms with Crippen LogP contribution in [0.3, 0.4) is 0 Å². The highest BCUT2D eigenvalue weighted by Crippen LogP contribution is 2.68. The molecule has 3 N–H and O–H groups in total. The van der Waals surface area contributed by atoms with E-state index in [2.05, 4.69) is 39.8 Å². The Morgan fingerprint density at radius 3 is 2.38 bits per heavy atom. The van der Waals surface area contributed by atoms with Gasteiger partial charge in [0.1, 0.15) is 0 Å². The van der Waals surface area contributed by atoms with Crippen LogP contribution in [-0.2, 0) is 0 Å². The fraction of sp³-hybridized carbons (Fsp3) is 1.00. The predicted molar refractivity (Wildman–Crippen MR) is 116 cm³/mol. The van der Waals surface area contributed by atoms with Crippen molar-refractivity contribution in [3.8, 4) is 0 Å². The molecule has 4 fully saturated rings. The maximum Gasteiger partial charge on any atom is 0.0602 e. The number of fused-ring (bicyclic) bond motifs is 5. The summed E-state index contributed by atoms with van der Waals surface area (Å²) in [7, 11) is 4.28. The van der Waals surface area contributed by atoms with Crippen molar-refractivity contribution in [1.82, 2.24) is 4.90 Å². The summed E-state index contributed by atoms with van der Waals surface area (Å²) < 4.78 is 0. The predicted octanol–water partition coefficient (Wildman–Crippen LogP) is 3.54. The monoisotopic (exact) mass is 407 g/mol. The highest BCUT2D eigenvalue weighted by molar-refractivity contribution is 5.14. The van der Waals surface area contributed by atoms with Gasteiger partial charge in [-0.1, -0.05) is 20.8 Å². The first-order chi connectivity index (χ1) is 13.6. The van der Waals surface area contributed by atoms with Crippen LogP contribution in [0.4, 0.5) is 0 Å². The summed E-state index contributed by atoms with van der Waals surface area (Å²) in [6, 6.07) is 0. The van der Waals surface area contributed by atoms with Crippen molar-refractivity contribution in [2.75, 3.05) is 20.6 Å². The van der Waals surface area contributed by atoms with E-state index in [0.29, 0.717) is 35.5 Å². The van der Waals surface area contributed by atoms with Gasteiger partial charge in [0.25, 0.3) is 0 Å². The van der Waals surface area contributed by atoms with Crippen molar-refractivity contribution in [2.24, 2.45) is 46.3 Å². The molecule has 29 heavy (non-hydrogen) atoms. The standard InChI is InChI=1S/C25H45NO3/c1-15(9-11-26(4)5)18-6-7-19-23-20(14-22(29)25(18,19)3)24(2)10-8-17(27)12-16(24)13-21(23)28/h15-23,27-29H,6-14H2,1-5H3/t15-,16-,17+,18+,19-,20-,21-,22-,23-,24+,25+/m1/s1. The molecule has 0 heterocycles. The molecule has 0 unspecified atom stereocenters. The average Bonchev–Trinajstić information content (AvgIpc) is 3.01. The molecule has 168 valence electrons. The Morgan fingerprint density at radius 2 is 1.69 bits per heavy atom. The SMILES string of the molecule is C[C@H](CCN(C)C)[C@@H]1CC[C@@H]2[C@H]3[C@H](O)C[C@H]4C[C@@H](O)CC[C@]4(C)[C@@H]3C[C@@H](O)[C@]21C. The summed E-state index contributed by atoms with van der Waals surface area (Å²) >= 11 is 0. The summed E-state index contributed by atoms with van der Waals surface area (Å²) in [5.74, 6) is 2.71. The molecular weight excluding hydrogens is 362 g/mol. The molecule has 4 heteroatoms. The van der Waals surface area contributed by atoms with Crippen molar-refractivity contribution in [3.63, 3.8) is 0 Å². The molecule has 0 aromatic carbocycles. The molecule has 4 aliphatic carbocycles. The van der Waals surface area contributed by atoms with Crippen LogP contribution in [0.5, 0.6) is 0 Å². The van der Waals surface area contributed by atoms with Crippen LogP contribution < -0.4 is 0 Å². The van der Waals surface area contributed by atoms with E-state index in [1.807, 2.05) is 0 Å². The number of hydrogen-bond acceptors (Lipinski definition) is 4. The van der Waals surface area contributed by atoms with Crippen LogP contribution in [0.2, 0.25) is 0 Å². The molecule has 0 bridgehead atoms. The molecule has 0 aliphatic heterocycles. The number of hydrogen-bond donors (Lipinski definition) is 3. The minimum absolute atomic E-state index is 0.0642. The summed E-state index contributed by atoms with van der Waals surface area (Å²) in [5, 5.41) is 33.1. The zero-order valence-electron chi connectivity index (χ0n) is 19.3. The minimum atomic E-state index is -0.268. The van der Waals surface area contributed by atoms with Crippen molar-refractivity contribution >= 4 is 0 Å². The van der Waals surface area contributed by atoms with Crippen molar-refractivity contribution in [2.45, 2.75) is 90.4 Å². The lowest BCUT2D eigenvalue weighted by Crippen LogP contribution is -2.62.